The minimum absolute atomic E-state index is 0. The molecule has 1 spiro atoms. The summed E-state index contributed by atoms with van der Waals surface area (Å²) >= 11 is 6.19. The summed E-state index contributed by atoms with van der Waals surface area (Å²) in [6.45, 7) is 7.03. The third kappa shape index (κ3) is 19.2. The van der Waals surface area contributed by atoms with Crippen molar-refractivity contribution in [2.75, 3.05) is 74.8 Å². The number of aliphatic imine (C=N–C) groups is 1. The standard InChI is InChI=1S/C18H13ClFN3.C18H21NO4.2C17H23NO3.C15H21NO2.3ClH.H2O4S/c1-11-21-9-13-10-22-18(14-4-2-3-5-16(14)20)15-8-12(19)6-7-17(15)23(11)13;1-19-8-7-17-14-10-3-4-12(22-2)15(14)23-16(17)11(20)5-6-18(17,21)13(19)9-10;2*1-18-13-7-8-14(18)10-15(9-13)21-17(20)16(11-19)12-5-3-2-4-6-12;1-3-18-14(17)15(9-11-16(2)12-10-15)13-7-5-4-6-8-13;;;;1-5(2,3)4/h2-9H,10H2,1H3;3-4,13,16,21H,5-9H2,1-2H3;2*2-6,13-16,19H,7-11H2,1H3;4-8H,3,9-12H2,1-2H3;3*1H;(H2,1,2,3,4)/t;13-,16+,17+,18-;;;;;;;/m.1......./s1. The van der Waals surface area contributed by atoms with E-state index in [2.05, 4.69) is 63.8 Å². The maximum absolute atomic E-state index is 14.3. The number of piperidine rings is 4. The number of esters is 3. The van der Waals surface area contributed by atoms with Gasteiger partial charge in [-0.1, -0.05) is 121 Å². The number of imidazole rings is 1. The Hall–Kier alpha value is -7.44. The van der Waals surface area contributed by atoms with E-state index in [9.17, 15) is 38.9 Å². The van der Waals surface area contributed by atoms with Gasteiger partial charge in [0, 0.05) is 68.7 Å². The second-order valence-electron chi connectivity index (χ2n) is 30.7. The number of aliphatic hydroxyl groups excluding tert-OH is 2. The Kier molecular flexibility index (Phi) is 31.1. The molecule has 1 saturated carbocycles. The van der Waals surface area contributed by atoms with Gasteiger partial charge in [0.15, 0.2) is 23.4 Å². The lowest BCUT2D eigenvalue weighted by molar-refractivity contribution is -0.185. The molecule has 7 fully saturated rings. The topological polar surface area (TPSA) is 299 Å². The van der Waals surface area contributed by atoms with Crippen LogP contribution in [0.5, 0.6) is 11.5 Å². The molecule has 0 amide bonds. The molecular weight excluding hydrogens is 1570 g/mol. The van der Waals surface area contributed by atoms with Gasteiger partial charge in [0.25, 0.3) is 0 Å². The van der Waals surface area contributed by atoms with Crippen LogP contribution in [0.4, 0.5) is 4.39 Å². The molecule has 10 aliphatic rings. The van der Waals surface area contributed by atoms with Gasteiger partial charge in [-0.15, -0.1) is 37.2 Å². The normalized spacial score (nSPS) is 25.5. The number of Topliss-reactive ketones (excluding diaryl/α,β-unsaturated/α-hetero) is 1. The Balaban J connectivity index is 0.000000196. The van der Waals surface area contributed by atoms with Crippen molar-refractivity contribution in [2.24, 2.45) is 4.99 Å². The van der Waals surface area contributed by atoms with Crippen molar-refractivity contribution >= 4 is 88.6 Å². The third-order valence-electron chi connectivity index (χ3n) is 24.6. The van der Waals surface area contributed by atoms with Gasteiger partial charge in [-0.3, -0.25) is 37.2 Å². The molecule has 6 saturated heterocycles. The zero-order valence-corrected chi connectivity index (χ0v) is 69.2. The maximum Gasteiger partial charge on any atom is 1.00 e. The highest BCUT2D eigenvalue weighted by molar-refractivity contribution is 7.79. The molecule has 0 radical (unpaired) electrons. The lowest BCUT2D eigenvalue weighted by atomic mass is 9.49. The summed E-state index contributed by atoms with van der Waals surface area (Å²) in [6.07, 6.45) is 13.9. The highest BCUT2D eigenvalue weighted by Gasteiger charge is 2.73. The van der Waals surface area contributed by atoms with E-state index in [1.165, 1.54) is 37.3 Å². The zero-order chi connectivity index (χ0) is 79.1. The van der Waals surface area contributed by atoms with E-state index in [0.29, 0.717) is 78.0 Å². The fourth-order valence-corrected chi connectivity index (χ4v) is 18.9. The first-order valence-corrected chi connectivity index (χ1v) is 40.1. The van der Waals surface area contributed by atoms with Crippen LogP contribution in [0.1, 0.15) is 156 Å². The number of aliphatic hydroxyl groups is 3. The molecule has 8 aliphatic heterocycles. The number of likely N-dealkylation sites (N-methyl/N-ethyl adjacent to an activating group) is 1. The van der Waals surface area contributed by atoms with E-state index in [1.807, 2.05) is 146 Å². The van der Waals surface area contributed by atoms with Crippen LogP contribution < -0.4 is 9.47 Å². The molecule has 2 aliphatic carbocycles. The first-order valence-electron chi connectivity index (χ1n) is 38.4. The van der Waals surface area contributed by atoms with Gasteiger partial charge in [0.2, 0.25) is 0 Å². The number of carbonyl (C=O) groups is 4. The molecule has 114 heavy (non-hydrogen) atoms. The van der Waals surface area contributed by atoms with E-state index >= 15 is 0 Å². The number of benzene rings is 6. The predicted octanol–water partition coefficient (Wildman–Crippen LogP) is 11.6. The number of likely N-dealkylation sites (tertiary alicyclic amines) is 2. The SMILES string of the molecule is CCOC(=O)C1(c2ccccc2)CCN(C)CC1.CN1C2CCC1CC(OC(=O)C(CO)c1ccccc1)C2.CN1C2CCC1CC(OC(=O)C(CO)c1ccccc1)C2.COc1ccc2c3c1O[C@H]1C(=O)CC[C@@]4(O)[C@@H](C2)N(C)CC[C@]314.Cc1ncc2n1-c1ccc(Cl)cc1C(c1ccccc1F)=NC2.Cl.Cl.Cl.O=S(=O)([O-])[O-].[H+].[H+]. The summed E-state index contributed by atoms with van der Waals surface area (Å²) in [5, 5.41) is 31.4. The van der Waals surface area contributed by atoms with Gasteiger partial charge >= 0.3 is 20.8 Å². The van der Waals surface area contributed by atoms with E-state index in [1.54, 1.807) is 19.2 Å². The molecule has 17 rings (SSSR count). The van der Waals surface area contributed by atoms with Gasteiger partial charge < -0.3 is 67.7 Å². The number of hydrogen-bond donors (Lipinski definition) is 3. The Bertz CT molecular complexity index is 4480. The minimum atomic E-state index is -5.17. The van der Waals surface area contributed by atoms with Crippen LogP contribution in [0.15, 0.2) is 157 Å². The number of fused-ring (bicyclic) bond motifs is 7. The van der Waals surface area contributed by atoms with Crippen LogP contribution in [-0.4, -0.2) is 220 Å². The Morgan fingerprint density at radius 3 is 1.74 bits per heavy atom. The van der Waals surface area contributed by atoms with Crippen molar-refractivity contribution in [3.05, 3.63) is 213 Å². The van der Waals surface area contributed by atoms with Crippen LogP contribution in [0.3, 0.4) is 0 Å². The van der Waals surface area contributed by atoms with Crippen molar-refractivity contribution in [1.82, 2.24) is 29.2 Å². The van der Waals surface area contributed by atoms with Gasteiger partial charge in [0.1, 0.15) is 35.7 Å². The molecule has 6 unspecified atom stereocenters. The summed E-state index contributed by atoms with van der Waals surface area (Å²) in [5.41, 5.74) is 6.82. The molecule has 23 nitrogen and oxygen atoms in total. The van der Waals surface area contributed by atoms with Gasteiger partial charge in [-0.2, -0.15) is 0 Å². The van der Waals surface area contributed by atoms with Crippen LogP contribution >= 0.6 is 48.8 Å². The minimum Gasteiger partial charge on any atom is -0.759 e. The van der Waals surface area contributed by atoms with Gasteiger partial charge in [-0.05, 0) is 204 Å². The Morgan fingerprint density at radius 1 is 0.711 bits per heavy atom. The lowest BCUT2D eigenvalue weighted by Gasteiger charge is -2.62. The maximum atomic E-state index is 14.3. The summed E-state index contributed by atoms with van der Waals surface area (Å²) in [6, 6.07) is 47.3. The number of aromatic nitrogens is 2. The molecule has 6 aromatic carbocycles. The number of halogens is 5. The fraction of sp³-hybridized carbons (Fsp3) is 0.482. The van der Waals surface area contributed by atoms with Crippen LogP contribution in [0, 0.1) is 12.7 Å². The van der Waals surface area contributed by atoms with Gasteiger partial charge in [0.05, 0.1) is 73.2 Å². The largest absolute Gasteiger partial charge is 1.00 e. The van der Waals surface area contributed by atoms with Crippen molar-refractivity contribution in [3.8, 4) is 17.2 Å². The molecule has 618 valence electrons. The van der Waals surface area contributed by atoms with Crippen molar-refractivity contribution in [3.63, 3.8) is 0 Å². The zero-order valence-electron chi connectivity index (χ0n) is 67.2. The number of carbonyl (C=O) groups excluding carboxylic acids is 4. The van der Waals surface area contributed by atoms with Crippen molar-refractivity contribution < 1.29 is 82.9 Å². The highest BCUT2D eigenvalue weighted by Crippen LogP contribution is 2.65. The first kappa shape index (κ1) is 90.5. The quantitative estimate of drug-likeness (QED) is 0.0418. The summed E-state index contributed by atoms with van der Waals surface area (Å²) < 4.78 is 78.8. The second-order valence-corrected chi connectivity index (χ2v) is 32.0. The van der Waals surface area contributed by atoms with Crippen LogP contribution in [0.25, 0.3) is 5.69 Å². The van der Waals surface area contributed by atoms with E-state index < -0.39 is 44.8 Å². The summed E-state index contributed by atoms with van der Waals surface area (Å²) in [4.78, 5) is 68.1. The molecular formula is C85H106Cl4FN7O16S. The number of aryl methyl sites for hydroxylation is 1. The predicted molar refractivity (Wildman–Crippen MR) is 438 cm³/mol. The molecule has 9 heterocycles. The average molecular weight is 1670 g/mol. The summed E-state index contributed by atoms with van der Waals surface area (Å²) in [5.74, 6) is 0.259. The fourth-order valence-electron chi connectivity index (χ4n) is 18.7. The Morgan fingerprint density at radius 2 is 1.23 bits per heavy atom. The highest BCUT2D eigenvalue weighted by atomic mass is 35.5. The van der Waals surface area contributed by atoms with E-state index in [0.717, 1.165) is 116 Å². The average Bonchev–Trinajstić information content (AvgIpc) is 1.39. The van der Waals surface area contributed by atoms with Crippen molar-refractivity contribution in [2.45, 2.75) is 187 Å². The number of nitrogens with zero attached hydrogens (tertiary/aromatic N) is 7. The van der Waals surface area contributed by atoms with Gasteiger partial charge in [-0.25, -0.2) is 9.37 Å². The monoisotopic (exact) mass is 1670 g/mol. The van der Waals surface area contributed by atoms with E-state index in [-0.39, 0.29) is 101 Å². The number of rotatable bonds is 13. The smallest absolute Gasteiger partial charge is 0.759 e. The number of ketones is 1. The van der Waals surface area contributed by atoms with Crippen LogP contribution in [-0.2, 0) is 67.6 Å². The molecule has 7 aromatic rings. The number of hydrogen-bond acceptors (Lipinski definition) is 22. The van der Waals surface area contributed by atoms with Crippen molar-refractivity contribution in [1.29, 1.82) is 0 Å². The third-order valence-corrected chi connectivity index (χ3v) is 24.8. The molecule has 29 heteroatoms. The molecule has 10 atom stereocenters. The lowest BCUT2D eigenvalue weighted by Crippen LogP contribution is -2.76. The number of methoxy groups -OCH3 is 1. The van der Waals surface area contributed by atoms with Crippen LogP contribution in [0.2, 0.25) is 5.02 Å². The molecule has 3 N–H and O–H groups in total. The first-order chi connectivity index (χ1) is 53.2. The number of ether oxygens (including phenoxy) is 5. The Labute approximate surface area is 693 Å². The van der Waals surface area contributed by atoms with E-state index in [4.69, 9.17) is 52.8 Å². The molecule has 6 bridgehead atoms. The molecule has 1 aromatic heterocycles. The second kappa shape index (κ2) is 39.2. The summed E-state index contributed by atoms with van der Waals surface area (Å²) in [7, 11) is 4.96.